The van der Waals surface area contributed by atoms with E-state index in [9.17, 15) is 0 Å². The first-order valence-corrected chi connectivity index (χ1v) is 6.19. The van der Waals surface area contributed by atoms with Gasteiger partial charge in [-0.2, -0.15) is 0 Å². The summed E-state index contributed by atoms with van der Waals surface area (Å²) in [6.07, 6.45) is 0. The van der Waals surface area contributed by atoms with Gasteiger partial charge in [-0.05, 0) is 27.9 Å². The smallest absolute Gasteiger partial charge is 0.0630 e. The number of likely N-dealkylation sites (N-methyl/N-ethyl adjacent to an activating group) is 2. The van der Waals surface area contributed by atoms with Gasteiger partial charge in [0.15, 0.2) is 0 Å². The Morgan fingerprint density at radius 2 is 1.88 bits per heavy atom. The van der Waals surface area contributed by atoms with Crippen molar-refractivity contribution in [2.45, 2.75) is 32.0 Å². The molecule has 96 valence electrons. The average Bonchev–Trinajstić information content (AvgIpc) is 2.25. The number of rotatable bonds is 5. The van der Waals surface area contributed by atoms with Gasteiger partial charge >= 0.3 is 0 Å². The van der Waals surface area contributed by atoms with Gasteiger partial charge in [0.2, 0.25) is 0 Å². The van der Waals surface area contributed by atoms with Crippen molar-refractivity contribution < 1.29 is 4.74 Å². The lowest BCUT2D eigenvalue weighted by Gasteiger charge is -2.45. The molecule has 0 aromatic carbocycles. The second-order valence-electron chi connectivity index (χ2n) is 4.98. The van der Waals surface area contributed by atoms with Gasteiger partial charge in [-0.15, -0.1) is 0 Å². The fraction of sp³-hybridized carbons (Fsp3) is 1.00. The highest BCUT2D eigenvalue weighted by Gasteiger charge is 2.30. The first-order chi connectivity index (χ1) is 7.60. The fourth-order valence-electron chi connectivity index (χ4n) is 2.46. The lowest BCUT2D eigenvalue weighted by molar-refractivity contribution is 0.00891. The van der Waals surface area contributed by atoms with Crippen LogP contribution in [-0.4, -0.2) is 75.4 Å². The second-order valence-corrected chi connectivity index (χ2v) is 4.98. The maximum atomic E-state index is 5.31. The minimum atomic E-state index is 0.494. The summed E-state index contributed by atoms with van der Waals surface area (Å²) in [5.74, 6) is 0. The molecule has 4 nitrogen and oxygen atoms in total. The Balaban J connectivity index is 2.56. The van der Waals surface area contributed by atoms with Gasteiger partial charge in [-0.3, -0.25) is 9.80 Å². The molecule has 0 aromatic heterocycles. The first-order valence-electron chi connectivity index (χ1n) is 6.19. The SMILES string of the molecule is CNCC(COC)N1CC(C)N(C)C(C)C1. The molecule has 16 heavy (non-hydrogen) atoms. The summed E-state index contributed by atoms with van der Waals surface area (Å²) in [7, 11) is 6.01. The zero-order valence-electron chi connectivity index (χ0n) is 11.4. The molecule has 0 saturated carbocycles. The number of nitrogens with one attached hydrogen (secondary N) is 1. The molecular weight excluding hydrogens is 202 g/mol. The summed E-state index contributed by atoms with van der Waals surface area (Å²) >= 11 is 0. The van der Waals surface area contributed by atoms with Crippen molar-refractivity contribution in [3.63, 3.8) is 0 Å². The predicted octanol–water partition coefficient (Wildman–Crippen LogP) is 0.245. The van der Waals surface area contributed by atoms with Crippen molar-refractivity contribution in [3.05, 3.63) is 0 Å². The molecule has 3 unspecified atom stereocenters. The number of hydrogen-bond acceptors (Lipinski definition) is 4. The Hall–Kier alpha value is -0.160. The lowest BCUT2D eigenvalue weighted by atomic mass is 10.1. The maximum absolute atomic E-state index is 5.31. The highest BCUT2D eigenvalue weighted by atomic mass is 16.5. The quantitative estimate of drug-likeness (QED) is 0.731. The summed E-state index contributed by atoms with van der Waals surface area (Å²) < 4.78 is 5.31. The van der Waals surface area contributed by atoms with Crippen LogP contribution in [0, 0.1) is 0 Å². The molecule has 1 fully saturated rings. The van der Waals surface area contributed by atoms with E-state index in [2.05, 4.69) is 36.0 Å². The molecule has 0 bridgehead atoms. The molecule has 1 aliphatic heterocycles. The van der Waals surface area contributed by atoms with Crippen molar-refractivity contribution >= 4 is 0 Å². The molecule has 3 atom stereocenters. The number of piperazine rings is 1. The van der Waals surface area contributed by atoms with Crippen molar-refractivity contribution in [3.8, 4) is 0 Å². The molecule has 4 heteroatoms. The molecular formula is C12H27N3O. The normalized spacial score (nSPS) is 30.6. The summed E-state index contributed by atoms with van der Waals surface area (Å²) in [4.78, 5) is 5.01. The molecule has 1 rings (SSSR count). The van der Waals surface area contributed by atoms with E-state index in [0.717, 1.165) is 26.2 Å². The van der Waals surface area contributed by atoms with Gasteiger partial charge < -0.3 is 10.1 Å². The highest BCUT2D eigenvalue weighted by Crippen LogP contribution is 2.15. The fourth-order valence-corrected chi connectivity index (χ4v) is 2.46. The number of methoxy groups -OCH3 is 1. The van der Waals surface area contributed by atoms with E-state index in [4.69, 9.17) is 4.74 Å². The maximum Gasteiger partial charge on any atom is 0.0630 e. The van der Waals surface area contributed by atoms with Crippen LogP contribution in [0.3, 0.4) is 0 Å². The summed E-state index contributed by atoms with van der Waals surface area (Å²) in [5, 5.41) is 3.26. The van der Waals surface area contributed by atoms with Crippen LogP contribution in [0.2, 0.25) is 0 Å². The number of hydrogen-bond donors (Lipinski definition) is 1. The monoisotopic (exact) mass is 229 g/mol. The van der Waals surface area contributed by atoms with Crippen LogP contribution in [-0.2, 0) is 4.74 Å². The molecule has 0 aromatic rings. The van der Waals surface area contributed by atoms with Gasteiger partial charge in [-0.1, -0.05) is 0 Å². The molecule has 1 aliphatic rings. The molecule has 1 heterocycles. The molecule has 0 spiro atoms. The number of ether oxygens (including phenoxy) is 1. The van der Waals surface area contributed by atoms with Gasteiger partial charge in [-0.25, -0.2) is 0 Å². The van der Waals surface area contributed by atoms with Gasteiger partial charge in [0.05, 0.1) is 6.61 Å². The Labute approximate surface area is 99.9 Å². The standard InChI is InChI=1S/C12H27N3O/c1-10-7-15(8-11(2)14(10)4)12(6-13-3)9-16-5/h10-13H,6-9H2,1-5H3. The lowest BCUT2D eigenvalue weighted by Crippen LogP contribution is -2.59. The predicted molar refractivity (Wildman–Crippen MR) is 67.9 cm³/mol. The van der Waals surface area contributed by atoms with E-state index in [-0.39, 0.29) is 0 Å². The van der Waals surface area contributed by atoms with Crippen molar-refractivity contribution in [1.82, 2.24) is 15.1 Å². The highest BCUT2D eigenvalue weighted by molar-refractivity contribution is 4.87. The topological polar surface area (TPSA) is 27.7 Å². The third-order valence-corrected chi connectivity index (χ3v) is 3.70. The van der Waals surface area contributed by atoms with Crippen LogP contribution < -0.4 is 5.32 Å². The summed E-state index contributed by atoms with van der Waals surface area (Å²) in [6, 6.07) is 1.74. The second kappa shape index (κ2) is 6.55. The van der Waals surface area contributed by atoms with Crippen molar-refractivity contribution in [2.24, 2.45) is 0 Å². The Kier molecular flexibility index (Phi) is 5.69. The molecule has 1 N–H and O–H groups in total. The minimum Gasteiger partial charge on any atom is -0.383 e. The Morgan fingerprint density at radius 1 is 1.31 bits per heavy atom. The molecule has 1 saturated heterocycles. The Bertz CT molecular complexity index is 183. The molecule has 0 radical (unpaired) electrons. The van der Waals surface area contributed by atoms with Gasteiger partial charge in [0, 0.05) is 44.9 Å². The van der Waals surface area contributed by atoms with E-state index in [0.29, 0.717) is 18.1 Å². The molecule has 0 aliphatic carbocycles. The van der Waals surface area contributed by atoms with Gasteiger partial charge in [0.25, 0.3) is 0 Å². The average molecular weight is 229 g/mol. The summed E-state index contributed by atoms with van der Waals surface area (Å²) in [5.41, 5.74) is 0. The van der Waals surface area contributed by atoms with E-state index in [1.54, 1.807) is 7.11 Å². The van der Waals surface area contributed by atoms with Crippen LogP contribution >= 0.6 is 0 Å². The van der Waals surface area contributed by atoms with Crippen LogP contribution in [0.5, 0.6) is 0 Å². The third kappa shape index (κ3) is 3.42. The largest absolute Gasteiger partial charge is 0.383 e. The van der Waals surface area contributed by atoms with E-state index < -0.39 is 0 Å². The molecule has 0 amide bonds. The first kappa shape index (κ1) is 13.9. The van der Waals surface area contributed by atoms with Crippen LogP contribution in [0.25, 0.3) is 0 Å². The zero-order chi connectivity index (χ0) is 12.1. The van der Waals surface area contributed by atoms with E-state index >= 15 is 0 Å². The third-order valence-electron chi connectivity index (χ3n) is 3.70. The van der Waals surface area contributed by atoms with Crippen LogP contribution in [0.4, 0.5) is 0 Å². The van der Waals surface area contributed by atoms with Gasteiger partial charge in [0.1, 0.15) is 0 Å². The number of nitrogens with zero attached hydrogens (tertiary/aromatic N) is 2. The minimum absolute atomic E-state index is 0.494. The van der Waals surface area contributed by atoms with E-state index in [1.165, 1.54) is 0 Å². The van der Waals surface area contributed by atoms with Crippen molar-refractivity contribution in [1.29, 1.82) is 0 Å². The van der Waals surface area contributed by atoms with Crippen molar-refractivity contribution in [2.75, 3.05) is 47.4 Å². The van der Waals surface area contributed by atoms with Crippen LogP contribution in [0.15, 0.2) is 0 Å². The summed E-state index contributed by atoms with van der Waals surface area (Å²) in [6.45, 7) is 8.67. The van der Waals surface area contributed by atoms with Crippen LogP contribution in [0.1, 0.15) is 13.8 Å². The zero-order valence-corrected chi connectivity index (χ0v) is 11.4. The van der Waals surface area contributed by atoms with E-state index in [1.807, 2.05) is 7.05 Å². The Morgan fingerprint density at radius 3 is 2.31 bits per heavy atom.